The van der Waals surface area contributed by atoms with E-state index in [4.69, 9.17) is 24.9 Å². The number of halogens is 1. The first-order valence-electron chi connectivity index (χ1n) is 10.9. The lowest BCUT2D eigenvalue weighted by atomic mass is 9.78. The zero-order valence-corrected chi connectivity index (χ0v) is 19.3. The van der Waals surface area contributed by atoms with Crippen molar-refractivity contribution in [3.05, 3.63) is 12.1 Å². The van der Waals surface area contributed by atoms with E-state index in [0.717, 1.165) is 31.1 Å². The number of hydrogen-bond acceptors (Lipinski definition) is 8. The van der Waals surface area contributed by atoms with Crippen molar-refractivity contribution in [1.82, 2.24) is 14.9 Å². The van der Waals surface area contributed by atoms with Gasteiger partial charge >= 0.3 is 0 Å². The molecular weight excluding hydrogens is 434 g/mol. The van der Waals surface area contributed by atoms with Crippen molar-refractivity contribution in [3.8, 4) is 11.5 Å². The van der Waals surface area contributed by atoms with E-state index in [1.807, 2.05) is 11.0 Å². The summed E-state index contributed by atoms with van der Waals surface area (Å²) >= 11 is 0. The Morgan fingerprint density at radius 3 is 2.38 bits per heavy atom. The number of piperazine rings is 1. The summed E-state index contributed by atoms with van der Waals surface area (Å²) in [5.41, 5.74) is 6.93. The number of amides is 1. The van der Waals surface area contributed by atoms with Crippen LogP contribution in [0.25, 0.3) is 10.9 Å². The normalized spacial score (nSPS) is 21.9. The molecule has 1 aliphatic carbocycles. The minimum Gasteiger partial charge on any atom is -0.493 e. The first-order chi connectivity index (χ1) is 15.0. The van der Waals surface area contributed by atoms with Crippen LogP contribution in [0.4, 0.5) is 11.8 Å². The Labute approximate surface area is 193 Å². The molecule has 3 heterocycles. The van der Waals surface area contributed by atoms with Crippen LogP contribution in [0, 0.1) is 0 Å². The van der Waals surface area contributed by atoms with Gasteiger partial charge in [0.25, 0.3) is 5.91 Å². The lowest BCUT2D eigenvalue weighted by Crippen LogP contribution is -2.52. The summed E-state index contributed by atoms with van der Waals surface area (Å²) < 4.78 is 16.9. The molecule has 2 aliphatic heterocycles. The fraction of sp³-hybridized carbons (Fsp3) is 0.591. The Balaban J connectivity index is 0.00000245. The molecule has 32 heavy (non-hydrogen) atoms. The summed E-state index contributed by atoms with van der Waals surface area (Å²) in [5.74, 6) is 2.26. The number of nitrogens with zero attached hydrogens (tertiary/aromatic N) is 4. The largest absolute Gasteiger partial charge is 0.493 e. The summed E-state index contributed by atoms with van der Waals surface area (Å²) in [7, 11) is 3.17. The van der Waals surface area contributed by atoms with Crippen molar-refractivity contribution in [1.29, 1.82) is 0 Å². The number of rotatable bonds is 4. The van der Waals surface area contributed by atoms with Gasteiger partial charge in [0.05, 0.1) is 25.3 Å². The average molecular weight is 464 g/mol. The minimum absolute atomic E-state index is 0. The Bertz CT molecular complexity index is 1010. The topological polar surface area (TPSA) is 103 Å². The molecule has 3 fully saturated rings. The highest BCUT2D eigenvalue weighted by Gasteiger charge is 2.47. The van der Waals surface area contributed by atoms with Crippen molar-refractivity contribution in [3.63, 3.8) is 0 Å². The molecule has 10 heteroatoms. The van der Waals surface area contributed by atoms with E-state index in [-0.39, 0.29) is 30.0 Å². The summed E-state index contributed by atoms with van der Waals surface area (Å²) in [6.45, 7) is 2.56. The van der Waals surface area contributed by atoms with Crippen molar-refractivity contribution in [2.75, 3.05) is 51.0 Å². The van der Waals surface area contributed by atoms with E-state index in [2.05, 4.69) is 9.88 Å². The van der Waals surface area contributed by atoms with E-state index < -0.39 is 0 Å². The van der Waals surface area contributed by atoms with E-state index >= 15 is 0 Å². The predicted octanol–water partition coefficient (Wildman–Crippen LogP) is 2.40. The molecule has 3 aliphatic rings. The van der Waals surface area contributed by atoms with Gasteiger partial charge in [0.15, 0.2) is 11.5 Å². The molecule has 1 atom stereocenters. The molecule has 5 rings (SSSR count). The third-order valence-electron chi connectivity index (χ3n) is 6.89. The number of carbonyl (C=O) groups is 1. The summed E-state index contributed by atoms with van der Waals surface area (Å²) in [5, 5.41) is 0.721. The van der Waals surface area contributed by atoms with Gasteiger partial charge in [0, 0.05) is 37.6 Å². The third-order valence-corrected chi connectivity index (χ3v) is 6.89. The highest BCUT2D eigenvalue weighted by Crippen LogP contribution is 2.46. The van der Waals surface area contributed by atoms with Gasteiger partial charge in [-0.05, 0) is 38.2 Å². The van der Waals surface area contributed by atoms with Gasteiger partial charge in [-0.25, -0.2) is 4.98 Å². The van der Waals surface area contributed by atoms with Gasteiger partial charge in [-0.3, -0.25) is 4.79 Å². The van der Waals surface area contributed by atoms with E-state index in [9.17, 15) is 4.79 Å². The van der Waals surface area contributed by atoms with Crippen LogP contribution in [0.5, 0.6) is 11.5 Å². The number of carbonyl (C=O) groups excluding carboxylic acids is 1. The number of hydrogen-bond donors (Lipinski definition) is 1. The molecule has 2 aromatic rings. The molecule has 1 amide bonds. The van der Waals surface area contributed by atoms with Crippen LogP contribution in [0.3, 0.4) is 0 Å². The molecule has 9 nitrogen and oxygen atoms in total. The maximum Gasteiger partial charge on any atom is 0.251 e. The van der Waals surface area contributed by atoms with E-state index in [1.54, 1.807) is 20.3 Å². The molecular formula is C22H30ClN5O4. The van der Waals surface area contributed by atoms with Crippen LogP contribution in [0.2, 0.25) is 0 Å². The highest BCUT2D eigenvalue weighted by atomic mass is 35.5. The number of nitrogens with two attached hydrogens (primary N) is 1. The standard InChI is InChI=1S/C22H29N5O4.ClH/c1-29-17-12-14-15(13-18(17)30-2)24-21(25-19(14)23)27-10-8-26(9-11-27)20(28)16-4-7-22(31-16)5-3-6-22;/h12-13,16H,3-11H2,1-2H3,(H2,23,24,25);1H. The SMILES string of the molecule is COc1cc2nc(N3CCN(C(=O)C4CCC5(CCC5)O4)CC3)nc(N)c2cc1OC.Cl. The molecule has 0 radical (unpaired) electrons. The number of aromatic nitrogens is 2. The highest BCUT2D eigenvalue weighted by molar-refractivity contribution is 5.91. The summed E-state index contributed by atoms with van der Waals surface area (Å²) in [4.78, 5) is 26.1. The Hall–Kier alpha value is -2.52. The quantitative estimate of drug-likeness (QED) is 0.737. The molecule has 1 unspecified atom stereocenters. The van der Waals surface area contributed by atoms with Gasteiger partial charge in [-0.15, -0.1) is 12.4 Å². The van der Waals surface area contributed by atoms with Crippen LogP contribution in [-0.4, -0.2) is 72.9 Å². The smallest absolute Gasteiger partial charge is 0.251 e. The second kappa shape index (κ2) is 8.78. The molecule has 1 saturated carbocycles. The number of fused-ring (bicyclic) bond motifs is 1. The second-order valence-electron chi connectivity index (χ2n) is 8.63. The molecule has 1 aromatic heterocycles. The number of ether oxygens (including phenoxy) is 3. The summed E-state index contributed by atoms with van der Waals surface area (Å²) in [6.07, 6.45) is 5.00. The van der Waals surface area contributed by atoms with Gasteiger partial charge in [0.2, 0.25) is 5.95 Å². The van der Waals surface area contributed by atoms with Crippen molar-refractivity contribution >= 4 is 41.0 Å². The molecule has 2 saturated heterocycles. The van der Waals surface area contributed by atoms with Gasteiger partial charge in [-0.2, -0.15) is 4.98 Å². The van der Waals surface area contributed by atoms with Crippen molar-refractivity contribution < 1.29 is 19.0 Å². The van der Waals surface area contributed by atoms with Gasteiger partial charge < -0.3 is 29.7 Å². The van der Waals surface area contributed by atoms with Crippen LogP contribution < -0.4 is 20.1 Å². The lowest BCUT2D eigenvalue weighted by Gasteiger charge is -2.39. The number of nitrogen functional groups attached to an aromatic ring is 1. The first kappa shape index (κ1) is 22.7. The zero-order chi connectivity index (χ0) is 21.6. The monoisotopic (exact) mass is 463 g/mol. The molecule has 1 spiro atoms. The van der Waals surface area contributed by atoms with Crippen molar-refractivity contribution in [2.24, 2.45) is 0 Å². The Kier molecular flexibility index (Phi) is 6.22. The van der Waals surface area contributed by atoms with Crippen LogP contribution >= 0.6 is 12.4 Å². The first-order valence-corrected chi connectivity index (χ1v) is 10.9. The van der Waals surface area contributed by atoms with Crippen LogP contribution in [0.1, 0.15) is 32.1 Å². The number of methoxy groups -OCH3 is 2. The fourth-order valence-electron chi connectivity index (χ4n) is 4.87. The van der Waals surface area contributed by atoms with E-state index in [1.165, 1.54) is 6.42 Å². The maximum atomic E-state index is 12.9. The van der Waals surface area contributed by atoms with Crippen LogP contribution in [0.15, 0.2) is 12.1 Å². The molecule has 174 valence electrons. The van der Waals surface area contributed by atoms with Crippen LogP contribution in [-0.2, 0) is 9.53 Å². The predicted molar refractivity (Wildman–Crippen MR) is 124 cm³/mol. The maximum absolute atomic E-state index is 12.9. The molecule has 2 N–H and O–H groups in total. The second-order valence-corrected chi connectivity index (χ2v) is 8.63. The van der Waals surface area contributed by atoms with Gasteiger partial charge in [0.1, 0.15) is 11.9 Å². The fourth-order valence-corrected chi connectivity index (χ4v) is 4.87. The number of benzene rings is 1. The van der Waals surface area contributed by atoms with Gasteiger partial charge in [-0.1, -0.05) is 0 Å². The average Bonchev–Trinajstić information content (AvgIpc) is 3.24. The lowest BCUT2D eigenvalue weighted by molar-refractivity contribution is -0.154. The zero-order valence-electron chi connectivity index (χ0n) is 18.5. The Morgan fingerprint density at radius 2 is 1.78 bits per heavy atom. The van der Waals surface area contributed by atoms with E-state index in [0.29, 0.717) is 55.0 Å². The summed E-state index contributed by atoms with van der Waals surface area (Å²) in [6, 6.07) is 3.60. The number of anilines is 2. The minimum atomic E-state index is -0.276. The Morgan fingerprint density at radius 1 is 1.09 bits per heavy atom. The third kappa shape index (κ3) is 3.88. The molecule has 0 bridgehead atoms. The van der Waals surface area contributed by atoms with Crippen molar-refractivity contribution in [2.45, 2.75) is 43.8 Å². The molecule has 1 aromatic carbocycles.